The summed E-state index contributed by atoms with van der Waals surface area (Å²) in [7, 11) is 0. The van der Waals surface area contributed by atoms with Gasteiger partial charge in [-0.1, -0.05) is 42.0 Å². The second-order valence-electron chi connectivity index (χ2n) is 4.68. The topological polar surface area (TPSA) is 3.24 Å². The molecule has 1 aromatic rings. The lowest BCUT2D eigenvalue weighted by atomic mass is 9.83. The van der Waals surface area contributed by atoms with Crippen molar-refractivity contribution in [3.8, 4) is 0 Å². The van der Waals surface area contributed by atoms with E-state index in [-0.39, 0.29) is 0 Å². The fourth-order valence-electron chi connectivity index (χ4n) is 2.78. The first-order valence-electron chi connectivity index (χ1n) is 5.90. The maximum absolute atomic E-state index is 2.58. The molecule has 0 spiro atoms. The Kier molecular flexibility index (Phi) is 2.34. The third-order valence-corrected chi connectivity index (χ3v) is 3.67. The number of rotatable bonds is 1. The molecule has 1 aromatic carbocycles. The van der Waals surface area contributed by atoms with Gasteiger partial charge in [0.05, 0.1) is 0 Å². The molecule has 0 aliphatic carbocycles. The molecule has 0 radical (unpaired) electrons. The molecule has 3 aliphatic rings. The van der Waals surface area contributed by atoms with Gasteiger partial charge in [-0.25, -0.2) is 0 Å². The molecule has 3 saturated heterocycles. The molecule has 1 nitrogen and oxygen atoms in total. The largest absolute Gasteiger partial charge is 0.299 e. The van der Waals surface area contributed by atoms with E-state index in [1.807, 2.05) is 0 Å². The Morgan fingerprint density at radius 2 is 1.80 bits per heavy atom. The summed E-state index contributed by atoms with van der Waals surface area (Å²) in [5, 5.41) is 0. The number of hydrogen-bond acceptors (Lipinski definition) is 1. The Morgan fingerprint density at radius 1 is 1.07 bits per heavy atom. The van der Waals surface area contributed by atoms with Crippen LogP contribution < -0.4 is 0 Å². The van der Waals surface area contributed by atoms with Crippen LogP contribution in [-0.4, -0.2) is 24.5 Å². The van der Waals surface area contributed by atoms with E-state index in [0.29, 0.717) is 0 Å². The Hall–Kier alpha value is -1.08. The highest BCUT2D eigenvalue weighted by Crippen LogP contribution is 2.32. The van der Waals surface area contributed by atoms with Gasteiger partial charge in [0.15, 0.2) is 0 Å². The third-order valence-electron chi connectivity index (χ3n) is 3.67. The molecular weight excluding hydrogens is 182 g/mol. The van der Waals surface area contributed by atoms with Crippen LogP contribution in [0, 0.1) is 5.92 Å². The molecule has 0 amide bonds. The molecule has 2 bridgehead atoms. The van der Waals surface area contributed by atoms with E-state index in [0.717, 1.165) is 5.92 Å². The van der Waals surface area contributed by atoms with Crippen LogP contribution in [0.2, 0.25) is 0 Å². The summed E-state index contributed by atoms with van der Waals surface area (Å²) in [5.41, 5.74) is 3.01. The van der Waals surface area contributed by atoms with Gasteiger partial charge in [-0.3, -0.25) is 4.90 Å². The monoisotopic (exact) mass is 199 g/mol. The molecule has 3 fully saturated rings. The summed E-state index contributed by atoms with van der Waals surface area (Å²) in [5.74, 6) is 0.871. The third kappa shape index (κ3) is 1.84. The Labute approximate surface area is 91.4 Å². The van der Waals surface area contributed by atoms with E-state index < -0.39 is 0 Å². The predicted molar refractivity (Wildman–Crippen MR) is 63.6 cm³/mol. The number of hydrogen-bond donors (Lipinski definition) is 0. The quantitative estimate of drug-likeness (QED) is 0.672. The van der Waals surface area contributed by atoms with Crippen molar-refractivity contribution >= 4 is 6.08 Å². The van der Waals surface area contributed by atoms with Gasteiger partial charge in [-0.2, -0.15) is 0 Å². The van der Waals surface area contributed by atoms with Gasteiger partial charge in [0.1, 0.15) is 0 Å². The zero-order valence-electron chi connectivity index (χ0n) is 9.02. The van der Waals surface area contributed by atoms with E-state index >= 15 is 0 Å². The molecule has 1 heteroatoms. The fourth-order valence-corrected chi connectivity index (χ4v) is 2.78. The van der Waals surface area contributed by atoms with Crippen LogP contribution in [0.15, 0.2) is 35.9 Å². The highest BCUT2D eigenvalue weighted by molar-refractivity contribution is 5.54. The summed E-state index contributed by atoms with van der Waals surface area (Å²) in [4.78, 5) is 2.58. The number of piperidine rings is 3. The van der Waals surface area contributed by atoms with Crippen LogP contribution in [0.25, 0.3) is 6.08 Å². The van der Waals surface area contributed by atoms with Gasteiger partial charge in [-0.05, 0) is 37.4 Å². The zero-order chi connectivity index (χ0) is 10.1. The second-order valence-corrected chi connectivity index (χ2v) is 4.68. The molecule has 0 unspecified atom stereocenters. The minimum Gasteiger partial charge on any atom is -0.299 e. The average Bonchev–Trinajstić information content (AvgIpc) is 2.32. The molecule has 0 N–H and O–H groups in total. The molecule has 0 saturated carbocycles. The van der Waals surface area contributed by atoms with Crippen molar-refractivity contribution in [3.63, 3.8) is 0 Å². The lowest BCUT2D eigenvalue weighted by molar-refractivity contribution is 0.163. The minimum absolute atomic E-state index is 0.871. The first-order chi connectivity index (χ1) is 7.42. The van der Waals surface area contributed by atoms with E-state index in [9.17, 15) is 0 Å². The second kappa shape index (κ2) is 3.82. The summed E-state index contributed by atoms with van der Waals surface area (Å²) < 4.78 is 0. The molecule has 0 aromatic heterocycles. The van der Waals surface area contributed by atoms with Crippen LogP contribution in [0.3, 0.4) is 0 Å². The molecule has 15 heavy (non-hydrogen) atoms. The van der Waals surface area contributed by atoms with Crippen molar-refractivity contribution in [2.75, 3.05) is 19.6 Å². The van der Waals surface area contributed by atoms with Gasteiger partial charge in [0.2, 0.25) is 0 Å². The van der Waals surface area contributed by atoms with Crippen LogP contribution >= 0.6 is 0 Å². The number of nitrogens with zero attached hydrogens (tertiary/aromatic N) is 1. The van der Waals surface area contributed by atoms with Gasteiger partial charge >= 0.3 is 0 Å². The highest BCUT2D eigenvalue weighted by Gasteiger charge is 2.28. The lowest BCUT2D eigenvalue weighted by Crippen LogP contribution is -2.42. The first-order valence-corrected chi connectivity index (χ1v) is 5.90. The van der Waals surface area contributed by atoms with Crippen molar-refractivity contribution in [3.05, 3.63) is 41.5 Å². The smallest absolute Gasteiger partial charge is 0.0199 e. The normalized spacial score (nSPS) is 32.1. The van der Waals surface area contributed by atoms with Crippen molar-refractivity contribution in [2.24, 2.45) is 5.92 Å². The van der Waals surface area contributed by atoms with Gasteiger partial charge in [-0.15, -0.1) is 0 Å². The fraction of sp³-hybridized carbons (Fsp3) is 0.429. The zero-order valence-corrected chi connectivity index (χ0v) is 9.02. The number of fused-ring (bicyclic) bond motifs is 3. The van der Waals surface area contributed by atoms with E-state index in [1.54, 1.807) is 5.57 Å². The van der Waals surface area contributed by atoms with Gasteiger partial charge in [0.25, 0.3) is 0 Å². The van der Waals surface area contributed by atoms with Gasteiger partial charge in [0, 0.05) is 6.54 Å². The van der Waals surface area contributed by atoms with Crippen molar-refractivity contribution in [1.29, 1.82) is 0 Å². The Balaban J connectivity index is 1.85. The summed E-state index contributed by atoms with van der Waals surface area (Å²) in [6.07, 6.45) is 5.15. The van der Waals surface area contributed by atoms with Crippen LogP contribution in [0.5, 0.6) is 0 Å². The summed E-state index contributed by atoms with van der Waals surface area (Å²) >= 11 is 0. The molecule has 0 atom stereocenters. The standard InChI is InChI=1S/C14H17N/c1-2-4-12(5-3-1)10-14-11-15-8-6-13(14)7-9-15/h1-5,10,13H,6-9,11H2/b14-10-. The van der Waals surface area contributed by atoms with E-state index in [1.165, 1.54) is 38.0 Å². The van der Waals surface area contributed by atoms with Gasteiger partial charge < -0.3 is 0 Å². The lowest BCUT2D eigenvalue weighted by Gasteiger charge is -2.41. The van der Waals surface area contributed by atoms with Crippen LogP contribution in [0.4, 0.5) is 0 Å². The van der Waals surface area contributed by atoms with E-state index in [2.05, 4.69) is 41.3 Å². The predicted octanol–water partition coefficient (Wildman–Crippen LogP) is 2.80. The van der Waals surface area contributed by atoms with Crippen molar-refractivity contribution in [2.45, 2.75) is 12.8 Å². The van der Waals surface area contributed by atoms with Crippen molar-refractivity contribution in [1.82, 2.24) is 4.90 Å². The maximum Gasteiger partial charge on any atom is 0.0199 e. The van der Waals surface area contributed by atoms with E-state index in [4.69, 9.17) is 0 Å². The van der Waals surface area contributed by atoms with Crippen LogP contribution in [-0.2, 0) is 0 Å². The molecule has 78 valence electrons. The molecule has 4 rings (SSSR count). The summed E-state index contributed by atoms with van der Waals surface area (Å²) in [6.45, 7) is 3.84. The highest BCUT2D eigenvalue weighted by atomic mass is 15.1. The van der Waals surface area contributed by atoms with Crippen molar-refractivity contribution < 1.29 is 0 Å². The van der Waals surface area contributed by atoms with Crippen LogP contribution in [0.1, 0.15) is 18.4 Å². The number of benzene rings is 1. The first kappa shape index (κ1) is 9.17. The average molecular weight is 199 g/mol. The molecule has 3 aliphatic heterocycles. The molecular formula is C14H17N. The summed E-state index contributed by atoms with van der Waals surface area (Å²) in [6, 6.07) is 10.7. The SMILES string of the molecule is C(=C1\CN2CCC1CC2)/c1ccccc1. The molecule has 3 heterocycles. The Morgan fingerprint density at radius 3 is 2.40 bits per heavy atom. The Bertz CT molecular complexity index is 358. The minimum atomic E-state index is 0.871. The maximum atomic E-state index is 2.58.